The summed E-state index contributed by atoms with van der Waals surface area (Å²) >= 11 is 0. The lowest BCUT2D eigenvalue weighted by atomic mass is 9.73. The number of benzene rings is 1. The highest BCUT2D eigenvalue weighted by atomic mass is 31.2. The summed E-state index contributed by atoms with van der Waals surface area (Å²) in [6.45, 7) is 3.73. The molecule has 1 fully saturated rings. The fourth-order valence-corrected chi connectivity index (χ4v) is 5.16. The van der Waals surface area contributed by atoms with E-state index in [1.165, 1.54) is 6.07 Å². The number of nitrogens with zero attached hydrogens (tertiary/aromatic N) is 1. The Labute approximate surface area is 147 Å². The van der Waals surface area contributed by atoms with Gasteiger partial charge in [-0.1, -0.05) is 13.0 Å². The molecule has 0 amide bonds. The summed E-state index contributed by atoms with van der Waals surface area (Å²) in [4.78, 5) is 18.3. The Kier molecular flexibility index (Phi) is 5.15. The summed E-state index contributed by atoms with van der Waals surface area (Å²) in [5.74, 6) is 0.189. The molecule has 1 aliphatic carbocycles. The second-order valence-corrected chi connectivity index (χ2v) is 8.60. The lowest BCUT2D eigenvalue weighted by Gasteiger charge is -2.52. The number of fused-ring (bicyclic) bond motifs is 2. The molecule has 0 bridgehead atoms. The van der Waals surface area contributed by atoms with Gasteiger partial charge in [-0.3, -0.25) is 4.48 Å². The minimum absolute atomic E-state index is 0.0126. The maximum atomic E-state index is 11.3. The zero-order chi connectivity index (χ0) is 18.2. The molecule has 1 aromatic rings. The van der Waals surface area contributed by atoms with Gasteiger partial charge in [0.2, 0.25) is 0 Å². The lowest BCUT2D eigenvalue weighted by Crippen LogP contribution is -2.64. The number of likely N-dealkylation sites (tertiary alicyclic amines) is 1. The number of phosphoric acid groups is 1. The predicted molar refractivity (Wildman–Crippen MR) is 92.0 cm³/mol. The van der Waals surface area contributed by atoms with E-state index in [1.54, 1.807) is 0 Å². The maximum Gasteiger partial charge on any atom is 0.474 e. The average Bonchev–Trinajstić information content (AvgIpc) is 2.56. The highest BCUT2D eigenvalue weighted by Crippen LogP contribution is 2.45. The molecule has 4 N–H and O–H groups in total. The fourth-order valence-electron chi connectivity index (χ4n) is 4.78. The van der Waals surface area contributed by atoms with Crippen LogP contribution in [0.25, 0.3) is 0 Å². The molecule has 8 heteroatoms. The van der Waals surface area contributed by atoms with Crippen molar-refractivity contribution in [3.63, 3.8) is 0 Å². The van der Waals surface area contributed by atoms with Gasteiger partial charge in [0.05, 0.1) is 19.1 Å². The number of hydrogen-bond donors (Lipinski definition) is 4. The van der Waals surface area contributed by atoms with Crippen molar-refractivity contribution in [3.8, 4) is 11.5 Å². The number of quaternary nitrogens is 1. The van der Waals surface area contributed by atoms with Crippen LogP contribution in [0.4, 0.5) is 0 Å². The second kappa shape index (κ2) is 6.89. The van der Waals surface area contributed by atoms with E-state index < -0.39 is 7.82 Å². The number of piperidine rings is 1. The molecule has 3 atom stereocenters. The Morgan fingerprint density at radius 2 is 2.04 bits per heavy atom. The average molecular weight is 372 g/mol. The first-order chi connectivity index (χ1) is 11.8. The molecule has 2 aliphatic rings. The highest BCUT2D eigenvalue weighted by Gasteiger charge is 2.48. The Morgan fingerprint density at radius 3 is 2.72 bits per heavy atom. The molecular weight excluding hydrogens is 345 g/mol. The van der Waals surface area contributed by atoms with Crippen molar-refractivity contribution in [1.29, 1.82) is 0 Å². The summed E-state index contributed by atoms with van der Waals surface area (Å²) in [7, 11) is -4.51. The van der Waals surface area contributed by atoms with Crippen LogP contribution in [0.3, 0.4) is 0 Å². The van der Waals surface area contributed by atoms with E-state index in [2.05, 4.69) is 6.92 Å². The fraction of sp³-hybridized carbons (Fsp3) is 0.647. The van der Waals surface area contributed by atoms with Crippen LogP contribution in [-0.4, -0.2) is 50.3 Å². The molecule has 1 saturated heterocycles. The van der Waals surface area contributed by atoms with Gasteiger partial charge in [0.1, 0.15) is 0 Å². The van der Waals surface area contributed by atoms with Crippen LogP contribution in [0.2, 0.25) is 0 Å². The van der Waals surface area contributed by atoms with Gasteiger partial charge >= 0.3 is 7.82 Å². The van der Waals surface area contributed by atoms with Crippen molar-refractivity contribution < 1.29 is 33.6 Å². The van der Waals surface area contributed by atoms with Crippen LogP contribution >= 0.6 is 7.82 Å². The van der Waals surface area contributed by atoms with Gasteiger partial charge in [0, 0.05) is 17.9 Å². The molecular formula is C17H27NO6P+. The van der Waals surface area contributed by atoms with Crippen LogP contribution in [0, 0.1) is 5.92 Å². The largest absolute Gasteiger partial charge is 0.504 e. The van der Waals surface area contributed by atoms with Crippen molar-refractivity contribution in [1.82, 2.24) is 0 Å². The summed E-state index contributed by atoms with van der Waals surface area (Å²) in [6.07, 6.45) is 4.28. The molecule has 1 aromatic carbocycles. The molecule has 0 aromatic heterocycles. The van der Waals surface area contributed by atoms with Crippen LogP contribution in [0.1, 0.15) is 37.3 Å². The van der Waals surface area contributed by atoms with Crippen LogP contribution in [0.15, 0.2) is 12.1 Å². The van der Waals surface area contributed by atoms with Crippen molar-refractivity contribution in [2.24, 2.45) is 5.92 Å². The number of hydrogen-bond acceptors (Lipinski definition) is 4. The van der Waals surface area contributed by atoms with Crippen LogP contribution in [-0.2, 0) is 21.9 Å². The second-order valence-electron chi connectivity index (χ2n) is 7.36. The first-order valence-corrected chi connectivity index (χ1v) is 10.4. The van der Waals surface area contributed by atoms with Crippen molar-refractivity contribution in [3.05, 3.63) is 23.3 Å². The van der Waals surface area contributed by atoms with E-state index in [0.717, 1.165) is 49.9 Å². The Morgan fingerprint density at radius 1 is 1.28 bits per heavy atom. The topological polar surface area (TPSA) is 107 Å². The molecule has 1 aliphatic heterocycles. The third kappa shape index (κ3) is 3.71. The molecule has 7 nitrogen and oxygen atoms in total. The zero-order valence-electron chi connectivity index (χ0n) is 14.5. The highest BCUT2D eigenvalue weighted by molar-refractivity contribution is 7.46. The molecule has 1 heterocycles. The number of phosphoric ester groups is 1. The summed E-state index contributed by atoms with van der Waals surface area (Å²) in [5, 5.41) is 20.0. The van der Waals surface area contributed by atoms with Gasteiger partial charge in [0.15, 0.2) is 18.2 Å². The first kappa shape index (κ1) is 18.7. The van der Waals surface area contributed by atoms with Crippen molar-refractivity contribution in [2.45, 2.75) is 45.1 Å². The lowest BCUT2D eigenvalue weighted by molar-refractivity contribution is -0.973. The third-order valence-electron chi connectivity index (χ3n) is 5.83. The van der Waals surface area contributed by atoms with Crippen molar-refractivity contribution >= 4 is 7.82 Å². The van der Waals surface area contributed by atoms with Gasteiger partial charge in [-0.25, -0.2) is 9.09 Å². The minimum Gasteiger partial charge on any atom is -0.504 e. The van der Waals surface area contributed by atoms with Crippen molar-refractivity contribution in [2.75, 3.05) is 19.8 Å². The summed E-state index contributed by atoms with van der Waals surface area (Å²) in [5.41, 5.74) is 1.82. The van der Waals surface area contributed by atoms with Gasteiger partial charge in [-0.05, 0) is 37.3 Å². The maximum absolute atomic E-state index is 11.3. The van der Waals surface area contributed by atoms with Crippen LogP contribution < -0.4 is 0 Å². The van der Waals surface area contributed by atoms with E-state index >= 15 is 0 Å². The summed E-state index contributed by atoms with van der Waals surface area (Å²) in [6, 6.07) is 3.56. The quantitative estimate of drug-likeness (QED) is 0.359. The number of phenols is 2. The SMILES string of the molecule is CCC[N@+]1(COP(=O)(O)O)CCC[C@@H]2Cc3c(ccc(O)c3O)C[C@H]21. The zero-order valence-corrected chi connectivity index (χ0v) is 15.4. The molecule has 0 spiro atoms. The number of phenolic OH excluding ortho intramolecular Hbond substituents is 2. The summed E-state index contributed by atoms with van der Waals surface area (Å²) < 4.78 is 16.8. The molecule has 0 unspecified atom stereocenters. The van der Waals surface area contributed by atoms with Gasteiger partial charge in [-0.2, -0.15) is 0 Å². The van der Waals surface area contributed by atoms with E-state index in [4.69, 9.17) is 14.3 Å². The molecule has 0 radical (unpaired) electrons. The standard InChI is InChI=1S/C17H26NO6P/c1-2-7-18(11-24-25(21,22)23)8-3-4-13-9-14-12(10-15(13)18)5-6-16(19)17(14)20/h5-6,13,15H,2-4,7-11H2,1H3,(H3-,19,20,21,22,23)/p+1/t13-,15-,18-/m1/s1. The van der Waals surface area contributed by atoms with Gasteiger partial charge < -0.3 is 20.0 Å². The van der Waals surface area contributed by atoms with E-state index in [0.29, 0.717) is 16.8 Å². The number of aromatic hydroxyl groups is 2. The van der Waals surface area contributed by atoms with Gasteiger partial charge in [-0.15, -0.1) is 0 Å². The first-order valence-electron chi connectivity index (χ1n) is 8.84. The Hall–Kier alpha value is -1.11. The smallest absolute Gasteiger partial charge is 0.474 e. The molecule has 25 heavy (non-hydrogen) atoms. The number of rotatable bonds is 5. The van der Waals surface area contributed by atoms with Gasteiger partial charge in [0.25, 0.3) is 0 Å². The van der Waals surface area contributed by atoms with E-state index in [-0.39, 0.29) is 24.3 Å². The van der Waals surface area contributed by atoms with E-state index in [9.17, 15) is 14.8 Å². The monoisotopic (exact) mass is 372 g/mol. The Balaban J connectivity index is 1.93. The molecule has 140 valence electrons. The predicted octanol–water partition coefficient (Wildman–Crippen LogP) is 2.27. The van der Waals surface area contributed by atoms with E-state index in [1.807, 2.05) is 6.07 Å². The normalized spacial score (nSPS) is 29.1. The molecule has 3 rings (SSSR count). The molecule has 0 saturated carbocycles. The third-order valence-corrected chi connectivity index (χ3v) is 6.28. The van der Waals surface area contributed by atoms with Crippen LogP contribution in [0.5, 0.6) is 11.5 Å². The Bertz CT molecular complexity index is 686. The minimum atomic E-state index is -4.51.